The van der Waals surface area contributed by atoms with E-state index in [4.69, 9.17) is 21.4 Å². The van der Waals surface area contributed by atoms with Crippen molar-refractivity contribution in [2.45, 2.75) is 6.18 Å². The summed E-state index contributed by atoms with van der Waals surface area (Å²) in [5, 5.41) is 11.9. The van der Waals surface area contributed by atoms with Crippen LogP contribution in [0.15, 0.2) is 22.7 Å². The highest BCUT2D eigenvalue weighted by Gasteiger charge is 2.33. The fourth-order valence-corrected chi connectivity index (χ4v) is 1.96. The molecule has 0 aliphatic rings. The van der Waals surface area contributed by atoms with Crippen molar-refractivity contribution in [3.8, 4) is 17.0 Å². The highest BCUT2D eigenvalue weighted by Crippen LogP contribution is 2.41. The maximum Gasteiger partial charge on any atom is 0.416 e. The first kappa shape index (κ1) is 15.2. The van der Waals surface area contributed by atoms with Gasteiger partial charge < -0.3 is 14.4 Å². The maximum absolute atomic E-state index is 12.7. The first-order valence-electron chi connectivity index (χ1n) is 5.39. The molecule has 112 valence electrons. The topological polar surface area (TPSA) is 72.6 Å². The molecule has 1 N–H and O–H groups in total. The van der Waals surface area contributed by atoms with E-state index in [0.29, 0.717) is 6.07 Å². The Kier molecular flexibility index (Phi) is 3.82. The normalized spacial score (nSPS) is 11.5. The summed E-state index contributed by atoms with van der Waals surface area (Å²) in [7, 11) is 1.16. The second-order valence-electron chi connectivity index (χ2n) is 3.91. The van der Waals surface area contributed by atoms with Crippen LogP contribution in [0.3, 0.4) is 0 Å². The number of aromatic nitrogens is 1. The number of carbonyl (C=O) groups is 1. The summed E-state index contributed by atoms with van der Waals surface area (Å²) in [6.07, 6.45) is -4.59. The lowest BCUT2D eigenvalue weighted by atomic mass is 10.1. The first-order valence-corrected chi connectivity index (χ1v) is 5.77. The molecule has 0 radical (unpaired) electrons. The third-order valence-electron chi connectivity index (χ3n) is 2.58. The Balaban J connectivity index is 2.60. The minimum Gasteiger partial charge on any atom is -0.496 e. The molecule has 0 unspecified atom stereocenters. The van der Waals surface area contributed by atoms with Crippen LogP contribution in [0.25, 0.3) is 11.3 Å². The van der Waals surface area contributed by atoms with Gasteiger partial charge >= 0.3 is 12.1 Å². The van der Waals surface area contributed by atoms with Crippen LogP contribution in [0.2, 0.25) is 5.02 Å². The van der Waals surface area contributed by atoms with Crippen LogP contribution in [0.5, 0.6) is 5.75 Å². The molecule has 0 atom stereocenters. The van der Waals surface area contributed by atoms with E-state index in [1.54, 1.807) is 0 Å². The van der Waals surface area contributed by atoms with E-state index in [0.717, 1.165) is 19.2 Å². The largest absolute Gasteiger partial charge is 0.496 e. The Bertz CT molecular complexity index is 696. The molecule has 0 fully saturated rings. The molecule has 21 heavy (non-hydrogen) atoms. The number of nitrogens with zero attached hydrogens (tertiary/aromatic N) is 1. The third kappa shape index (κ3) is 2.94. The van der Waals surface area contributed by atoms with Crippen LogP contribution in [-0.2, 0) is 6.18 Å². The van der Waals surface area contributed by atoms with Gasteiger partial charge in [0.25, 0.3) is 0 Å². The van der Waals surface area contributed by atoms with Crippen molar-refractivity contribution in [2.24, 2.45) is 0 Å². The maximum atomic E-state index is 12.7. The highest BCUT2D eigenvalue weighted by molar-refractivity contribution is 6.33. The summed E-state index contributed by atoms with van der Waals surface area (Å²) >= 11 is 5.83. The highest BCUT2D eigenvalue weighted by atomic mass is 35.5. The van der Waals surface area contributed by atoms with Gasteiger partial charge in [-0.05, 0) is 12.1 Å². The lowest BCUT2D eigenvalue weighted by Crippen LogP contribution is -2.06. The molecule has 0 bridgehead atoms. The Hall–Kier alpha value is -2.22. The van der Waals surface area contributed by atoms with Crippen molar-refractivity contribution in [1.82, 2.24) is 5.16 Å². The Morgan fingerprint density at radius 3 is 2.52 bits per heavy atom. The molecule has 0 saturated heterocycles. The van der Waals surface area contributed by atoms with Crippen LogP contribution in [0, 0.1) is 0 Å². The average molecular weight is 322 g/mol. The predicted octanol–water partition coefficient (Wildman–Crippen LogP) is 3.72. The van der Waals surface area contributed by atoms with E-state index in [1.165, 1.54) is 0 Å². The van der Waals surface area contributed by atoms with Crippen molar-refractivity contribution in [1.29, 1.82) is 0 Å². The van der Waals surface area contributed by atoms with Crippen LogP contribution in [0.4, 0.5) is 13.2 Å². The monoisotopic (exact) mass is 321 g/mol. The number of rotatable bonds is 3. The second-order valence-corrected chi connectivity index (χ2v) is 4.32. The van der Waals surface area contributed by atoms with Crippen LogP contribution in [-0.4, -0.2) is 23.3 Å². The lowest BCUT2D eigenvalue weighted by Gasteiger charge is -2.13. The third-order valence-corrected chi connectivity index (χ3v) is 2.88. The fourth-order valence-electron chi connectivity index (χ4n) is 1.65. The summed E-state index contributed by atoms with van der Waals surface area (Å²) in [6.45, 7) is 0. The van der Waals surface area contributed by atoms with E-state index >= 15 is 0 Å². The van der Waals surface area contributed by atoms with Crippen LogP contribution < -0.4 is 4.74 Å². The first-order chi connectivity index (χ1) is 9.74. The summed E-state index contributed by atoms with van der Waals surface area (Å²) in [4.78, 5) is 10.7. The molecule has 0 aliphatic carbocycles. The minimum absolute atomic E-state index is 0.0171. The summed E-state index contributed by atoms with van der Waals surface area (Å²) in [5.74, 6) is -2.03. The molecule has 0 saturated carbocycles. The zero-order valence-corrected chi connectivity index (χ0v) is 11.1. The number of aromatic carboxylic acids is 1. The van der Waals surface area contributed by atoms with E-state index in [-0.39, 0.29) is 22.0 Å². The van der Waals surface area contributed by atoms with Crippen molar-refractivity contribution >= 4 is 17.6 Å². The number of hydrogen-bond acceptors (Lipinski definition) is 4. The Morgan fingerprint density at radius 1 is 1.38 bits per heavy atom. The Labute approximate surface area is 120 Å². The van der Waals surface area contributed by atoms with E-state index in [1.807, 2.05) is 0 Å². The molecule has 5 nitrogen and oxygen atoms in total. The molecule has 0 spiro atoms. The Morgan fingerprint density at radius 2 is 2.05 bits per heavy atom. The van der Waals surface area contributed by atoms with Crippen molar-refractivity contribution < 1.29 is 32.3 Å². The van der Waals surface area contributed by atoms with Gasteiger partial charge in [-0.15, -0.1) is 0 Å². The van der Waals surface area contributed by atoms with Gasteiger partial charge in [0.2, 0.25) is 5.76 Å². The number of methoxy groups -OCH3 is 1. The molecule has 9 heteroatoms. The number of benzene rings is 1. The van der Waals surface area contributed by atoms with Gasteiger partial charge in [-0.25, -0.2) is 4.79 Å². The van der Waals surface area contributed by atoms with Gasteiger partial charge in [-0.3, -0.25) is 0 Å². The molecule has 0 amide bonds. The number of carboxylic acid groups (broad SMARTS) is 1. The molecule has 1 heterocycles. The number of hydrogen-bond donors (Lipinski definition) is 1. The number of ether oxygens (including phenoxy) is 1. The van der Waals surface area contributed by atoms with E-state index in [9.17, 15) is 18.0 Å². The predicted molar refractivity (Wildman–Crippen MR) is 65.5 cm³/mol. The van der Waals surface area contributed by atoms with E-state index in [2.05, 4.69) is 9.68 Å². The van der Waals surface area contributed by atoms with E-state index < -0.39 is 23.5 Å². The quantitative estimate of drug-likeness (QED) is 0.932. The zero-order chi connectivity index (χ0) is 15.8. The summed E-state index contributed by atoms with van der Waals surface area (Å²) < 4.78 is 47.5. The molecule has 1 aromatic carbocycles. The van der Waals surface area contributed by atoms with Gasteiger partial charge in [-0.2, -0.15) is 13.2 Å². The molecule has 2 aromatic rings. The number of halogens is 4. The standard InChI is InChI=1S/C12H7ClF3NO4/c1-20-8-3-5(12(14,15)16)2-6(13)10(8)7-4-9(11(18)19)21-17-7/h2-4H,1H3,(H,18,19). The summed E-state index contributed by atoms with van der Waals surface area (Å²) in [5.41, 5.74) is -1.01. The van der Waals surface area contributed by atoms with Gasteiger partial charge in [0.15, 0.2) is 0 Å². The van der Waals surface area contributed by atoms with Gasteiger partial charge in [0, 0.05) is 6.07 Å². The van der Waals surface area contributed by atoms with Gasteiger partial charge in [-0.1, -0.05) is 16.8 Å². The molecule has 0 aliphatic heterocycles. The molecule has 1 aromatic heterocycles. The van der Waals surface area contributed by atoms with Crippen LogP contribution in [0.1, 0.15) is 16.1 Å². The lowest BCUT2D eigenvalue weighted by molar-refractivity contribution is -0.137. The van der Waals surface area contributed by atoms with Gasteiger partial charge in [0.1, 0.15) is 11.4 Å². The van der Waals surface area contributed by atoms with Crippen molar-refractivity contribution in [2.75, 3.05) is 7.11 Å². The minimum atomic E-state index is -4.59. The zero-order valence-electron chi connectivity index (χ0n) is 10.4. The van der Waals surface area contributed by atoms with Gasteiger partial charge in [0.05, 0.1) is 23.3 Å². The second kappa shape index (κ2) is 5.28. The molecular formula is C12H7ClF3NO4. The molecule has 2 rings (SSSR count). The van der Waals surface area contributed by atoms with Crippen molar-refractivity contribution in [3.63, 3.8) is 0 Å². The molecular weight excluding hydrogens is 315 g/mol. The van der Waals surface area contributed by atoms with Crippen molar-refractivity contribution in [3.05, 3.63) is 34.5 Å². The fraction of sp³-hybridized carbons (Fsp3) is 0.167. The average Bonchev–Trinajstić information content (AvgIpc) is 2.85. The SMILES string of the molecule is COc1cc(C(F)(F)F)cc(Cl)c1-c1cc(C(=O)O)on1. The van der Waals surface area contributed by atoms with Crippen LogP contribution >= 0.6 is 11.6 Å². The number of alkyl halides is 3. The summed E-state index contributed by atoms with van der Waals surface area (Å²) in [6, 6.07) is 2.49. The smallest absolute Gasteiger partial charge is 0.416 e. The number of carboxylic acids is 1.